The summed E-state index contributed by atoms with van der Waals surface area (Å²) in [5, 5.41) is 14.7. The summed E-state index contributed by atoms with van der Waals surface area (Å²) in [6.07, 6.45) is 0.364. The smallest absolute Gasteiger partial charge is 0.408 e. The SMILES string of the molecule is CC(C)C(CNC(=O)C1(NC(=O)OCC2c3ccccc3-c3ccccc32)CC1)C(=O)O. The first-order valence-electron chi connectivity index (χ1n) is 11.0. The van der Waals surface area contributed by atoms with Crippen molar-refractivity contribution in [1.29, 1.82) is 0 Å². The lowest BCUT2D eigenvalue weighted by molar-refractivity contribution is -0.143. The van der Waals surface area contributed by atoms with Gasteiger partial charge in [-0.25, -0.2) is 4.79 Å². The molecule has 0 radical (unpaired) electrons. The van der Waals surface area contributed by atoms with Crippen LogP contribution in [0.15, 0.2) is 48.5 Å². The fourth-order valence-electron chi connectivity index (χ4n) is 4.34. The molecule has 0 saturated heterocycles. The molecule has 7 nitrogen and oxygen atoms in total. The van der Waals surface area contributed by atoms with E-state index in [1.54, 1.807) is 13.8 Å². The van der Waals surface area contributed by atoms with E-state index >= 15 is 0 Å². The van der Waals surface area contributed by atoms with Crippen LogP contribution in [0.4, 0.5) is 4.79 Å². The molecule has 3 N–H and O–H groups in total. The predicted octanol–water partition coefficient (Wildman–Crippen LogP) is 3.53. The van der Waals surface area contributed by atoms with E-state index in [9.17, 15) is 19.5 Å². The Bertz CT molecular complexity index is 999. The Hall–Kier alpha value is -3.35. The lowest BCUT2D eigenvalue weighted by Gasteiger charge is -2.21. The summed E-state index contributed by atoms with van der Waals surface area (Å²) in [7, 11) is 0. The number of carbonyl (C=O) groups excluding carboxylic acids is 2. The number of alkyl carbamates (subject to hydrolysis) is 1. The molecular weight excluding hydrogens is 408 g/mol. The lowest BCUT2D eigenvalue weighted by atomic mass is 9.96. The quantitative estimate of drug-likeness (QED) is 0.587. The molecule has 32 heavy (non-hydrogen) atoms. The molecule has 168 valence electrons. The van der Waals surface area contributed by atoms with Crippen molar-refractivity contribution in [2.45, 2.75) is 38.1 Å². The molecule has 0 spiro atoms. The molecule has 2 aromatic carbocycles. The van der Waals surface area contributed by atoms with Crippen LogP contribution in [0.25, 0.3) is 11.1 Å². The third-order valence-electron chi connectivity index (χ3n) is 6.47. The van der Waals surface area contributed by atoms with E-state index in [0.717, 1.165) is 22.3 Å². The van der Waals surface area contributed by atoms with Crippen LogP contribution in [0.5, 0.6) is 0 Å². The molecule has 2 aliphatic rings. The summed E-state index contributed by atoms with van der Waals surface area (Å²) in [5.74, 6) is -2.16. The van der Waals surface area contributed by atoms with Crippen molar-refractivity contribution in [3.05, 3.63) is 59.7 Å². The molecule has 2 aromatic rings. The van der Waals surface area contributed by atoms with Crippen LogP contribution in [0, 0.1) is 11.8 Å². The molecule has 0 bridgehead atoms. The van der Waals surface area contributed by atoms with E-state index in [-0.39, 0.29) is 30.9 Å². The second kappa shape index (κ2) is 8.65. The van der Waals surface area contributed by atoms with E-state index in [1.165, 1.54) is 0 Å². The van der Waals surface area contributed by atoms with Crippen LogP contribution >= 0.6 is 0 Å². The summed E-state index contributed by atoms with van der Waals surface area (Å²) in [4.78, 5) is 36.5. The summed E-state index contributed by atoms with van der Waals surface area (Å²) >= 11 is 0. The van der Waals surface area contributed by atoms with Crippen LogP contribution in [-0.2, 0) is 14.3 Å². The first kappa shape index (κ1) is 21.9. The Morgan fingerprint density at radius 1 is 1.03 bits per heavy atom. The Morgan fingerprint density at radius 3 is 2.09 bits per heavy atom. The van der Waals surface area contributed by atoms with Crippen molar-refractivity contribution in [3.8, 4) is 11.1 Å². The van der Waals surface area contributed by atoms with Gasteiger partial charge in [0.2, 0.25) is 5.91 Å². The van der Waals surface area contributed by atoms with E-state index in [2.05, 4.69) is 22.8 Å². The maximum Gasteiger partial charge on any atom is 0.408 e. The largest absolute Gasteiger partial charge is 0.481 e. The van der Waals surface area contributed by atoms with Crippen molar-refractivity contribution in [3.63, 3.8) is 0 Å². The van der Waals surface area contributed by atoms with E-state index in [0.29, 0.717) is 12.8 Å². The Labute approximate surface area is 187 Å². The molecule has 0 heterocycles. The van der Waals surface area contributed by atoms with Crippen molar-refractivity contribution in [2.75, 3.05) is 13.2 Å². The second-order valence-corrected chi connectivity index (χ2v) is 8.93. The van der Waals surface area contributed by atoms with Crippen molar-refractivity contribution in [1.82, 2.24) is 10.6 Å². The van der Waals surface area contributed by atoms with Crippen LogP contribution in [-0.4, -0.2) is 41.8 Å². The summed E-state index contributed by atoms with van der Waals surface area (Å²) in [6.45, 7) is 3.80. The molecule has 1 atom stereocenters. The van der Waals surface area contributed by atoms with Gasteiger partial charge < -0.3 is 20.5 Å². The summed E-state index contributed by atoms with van der Waals surface area (Å²) in [5.41, 5.74) is 3.52. The molecular formula is C25H28N2O5. The zero-order chi connectivity index (χ0) is 22.9. The maximum atomic E-state index is 12.6. The second-order valence-electron chi connectivity index (χ2n) is 8.93. The molecule has 1 saturated carbocycles. The number of carbonyl (C=O) groups is 3. The van der Waals surface area contributed by atoms with Gasteiger partial charge in [0.1, 0.15) is 12.1 Å². The van der Waals surface area contributed by atoms with Crippen LogP contribution in [0.2, 0.25) is 0 Å². The number of rotatable bonds is 8. The number of aliphatic carboxylic acids is 1. The monoisotopic (exact) mass is 436 g/mol. The number of hydrogen-bond donors (Lipinski definition) is 3. The van der Waals surface area contributed by atoms with E-state index < -0.39 is 23.5 Å². The zero-order valence-corrected chi connectivity index (χ0v) is 18.3. The van der Waals surface area contributed by atoms with Gasteiger partial charge in [-0.3, -0.25) is 9.59 Å². The van der Waals surface area contributed by atoms with Gasteiger partial charge >= 0.3 is 12.1 Å². The molecule has 4 rings (SSSR count). The molecule has 1 unspecified atom stereocenters. The van der Waals surface area contributed by atoms with Gasteiger partial charge in [-0.2, -0.15) is 0 Å². The first-order valence-corrected chi connectivity index (χ1v) is 11.0. The highest BCUT2D eigenvalue weighted by Gasteiger charge is 2.52. The normalized spacial score (nSPS) is 16.6. The average molecular weight is 437 g/mol. The number of carboxylic acids is 1. The standard InChI is InChI=1S/C25H28N2O5/c1-15(2)20(22(28)29)13-26-23(30)25(11-12-25)27-24(31)32-14-21-18-9-5-3-7-16(18)17-8-4-6-10-19(17)21/h3-10,15,20-21H,11-14H2,1-2H3,(H,26,30)(H,27,31)(H,28,29). The van der Waals surface area contributed by atoms with Gasteiger partial charge in [0.05, 0.1) is 5.92 Å². The molecule has 0 aliphatic heterocycles. The Morgan fingerprint density at radius 2 is 1.59 bits per heavy atom. The van der Waals surface area contributed by atoms with E-state index in [4.69, 9.17) is 4.74 Å². The molecule has 2 aliphatic carbocycles. The third-order valence-corrected chi connectivity index (χ3v) is 6.47. The van der Waals surface area contributed by atoms with Crippen LogP contribution in [0.3, 0.4) is 0 Å². The van der Waals surface area contributed by atoms with Crippen molar-refractivity contribution < 1.29 is 24.2 Å². The number of amides is 2. The van der Waals surface area contributed by atoms with Gasteiger partial charge in [0.25, 0.3) is 0 Å². The number of ether oxygens (including phenoxy) is 1. The Balaban J connectivity index is 1.35. The maximum absolute atomic E-state index is 12.6. The minimum absolute atomic E-state index is 0.0277. The highest BCUT2D eigenvalue weighted by atomic mass is 16.5. The van der Waals surface area contributed by atoms with Gasteiger partial charge in [0.15, 0.2) is 0 Å². The topological polar surface area (TPSA) is 105 Å². The van der Waals surface area contributed by atoms with Gasteiger partial charge in [-0.05, 0) is 41.0 Å². The van der Waals surface area contributed by atoms with Crippen LogP contribution in [0.1, 0.15) is 43.7 Å². The zero-order valence-electron chi connectivity index (χ0n) is 18.3. The first-order chi connectivity index (χ1) is 15.3. The number of carboxylic acid groups (broad SMARTS) is 1. The summed E-state index contributed by atoms with van der Waals surface area (Å²) in [6, 6.07) is 16.2. The van der Waals surface area contributed by atoms with Gasteiger partial charge in [-0.1, -0.05) is 62.4 Å². The highest BCUT2D eigenvalue weighted by molar-refractivity contribution is 5.93. The lowest BCUT2D eigenvalue weighted by Crippen LogP contribution is -2.51. The Kier molecular flexibility index (Phi) is 5.91. The molecule has 2 amide bonds. The van der Waals surface area contributed by atoms with Crippen LogP contribution < -0.4 is 10.6 Å². The molecule has 0 aromatic heterocycles. The van der Waals surface area contributed by atoms with Crippen molar-refractivity contribution in [2.24, 2.45) is 11.8 Å². The fourth-order valence-corrected chi connectivity index (χ4v) is 4.34. The minimum Gasteiger partial charge on any atom is -0.481 e. The van der Waals surface area contributed by atoms with Crippen molar-refractivity contribution >= 4 is 18.0 Å². The number of hydrogen-bond acceptors (Lipinski definition) is 4. The van der Waals surface area contributed by atoms with Gasteiger partial charge in [-0.15, -0.1) is 0 Å². The number of nitrogens with one attached hydrogen (secondary N) is 2. The third kappa shape index (κ3) is 4.20. The van der Waals surface area contributed by atoms with E-state index in [1.807, 2.05) is 36.4 Å². The number of fused-ring (bicyclic) bond motifs is 3. The van der Waals surface area contributed by atoms with Gasteiger partial charge in [0, 0.05) is 12.5 Å². The number of benzene rings is 2. The highest BCUT2D eigenvalue weighted by Crippen LogP contribution is 2.44. The molecule has 7 heteroatoms. The average Bonchev–Trinajstić information content (AvgIpc) is 3.47. The summed E-state index contributed by atoms with van der Waals surface area (Å²) < 4.78 is 5.54. The molecule has 1 fully saturated rings. The minimum atomic E-state index is -1.01. The predicted molar refractivity (Wildman–Crippen MR) is 119 cm³/mol. The fraction of sp³-hybridized carbons (Fsp3) is 0.400.